The van der Waals surface area contributed by atoms with Gasteiger partial charge in [-0.15, -0.1) is 11.3 Å². The largest absolute Gasteiger partial charge is 0.365 e. The Morgan fingerprint density at radius 2 is 1.81 bits per heavy atom. The van der Waals surface area contributed by atoms with E-state index in [4.69, 9.17) is 0 Å². The van der Waals surface area contributed by atoms with E-state index in [2.05, 4.69) is 67.4 Å². The first kappa shape index (κ1) is 17.1. The molecule has 4 aromatic rings. The highest BCUT2D eigenvalue weighted by molar-refractivity contribution is 9.10. The molecule has 4 rings (SSSR count). The van der Waals surface area contributed by atoms with E-state index in [0.717, 1.165) is 26.9 Å². The van der Waals surface area contributed by atoms with Crippen LogP contribution < -0.4 is 5.32 Å². The third-order valence-corrected chi connectivity index (χ3v) is 6.00. The summed E-state index contributed by atoms with van der Waals surface area (Å²) >= 11 is 5.27. The van der Waals surface area contributed by atoms with Crippen molar-refractivity contribution in [1.29, 1.82) is 0 Å². The molecule has 1 N–H and O–H groups in total. The van der Waals surface area contributed by atoms with Crippen molar-refractivity contribution in [1.82, 2.24) is 15.0 Å². The minimum Gasteiger partial charge on any atom is -0.365 e. The summed E-state index contributed by atoms with van der Waals surface area (Å²) in [4.78, 5) is 15.5. The maximum absolute atomic E-state index is 4.53. The number of nitrogens with one attached hydrogen (secondary N) is 1. The molecule has 4 nitrogen and oxygen atoms in total. The van der Waals surface area contributed by atoms with Crippen molar-refractivity contribution >= 4 is 43.3 Å². The maximum Gasteiger partial charge on any atom is 0.139 e. The first-order chi connectivity index (χ1) is 12.8. The molecule has 0 aliphatic carbocycles. The number of hydrogen-bond acceptors (Lipinski definition) is 5. The summed E-state index contributed by atoms with van der Waals surface area (Å²) in [7, 11) is 0. The zero-order valence-corrected chi connectivity index (χ0v) is 16.6. The molecule has 3 heterocycles. The van der Waals surface area contributed by atoms with Crippen LogP contribution in [0.1, 0.15) is 17.4 Å². The van der Waals surface area contributed by atoms with E-state index in [-0.39, 0.29) is 0 Å². The summed E-state index contributed by atoms with van der Waals surface area (Å²) < 4.78 is 1.08. The van der Waals surface area contributed by atoms with E-state index in [1.54, 1.807) is 30.1 Å². The number of nitrogens with zero attached hydrogens (tertiary/aromatic N) is 3. The number of halogens is 1. The van der Waals surface area contributed by atoms with Crippen LogP contribution in [0.5, 0.6) is 0 Å². The summed E-state index contributed by atoms with van der Waals surface area (Å²) in [5.41, 5.74) is 3.60. The average molecular weight is 425 g/mol. The van der Waals surface area contributed by atoms with Crippen molar-refractivity contribution in [2.45, 2.75) is 19.9 Å². The van der Waals surface area contributed by atoms with Crippen LogP contribution in [-0.4, -0.2) is 15.0 Å². The van der Waals surface area contributed by atoms with Crippen LogP contribution in [0.15, 0.2) is 59.6 Å². The number of aryl methyl sites for hydroxylation is 1. The average Bonchev–Trinajstić information content (AvgIpc) is 3.07. The van der Waals surface area contributed by atoms with Gasteiger partial charge in [0.25, 0.3) is 0 Å². The molecule has 0 aliphatic heterocycles. The molecule has 0 aliphatic rings. The Morgan fingerprint density at radius 1 is 1.04 bits per heavy atom. The molecule has 0 saturated heterocycles. The molecule has 0 spiro atoms. The van der Waals surface area contributed by atoms with Crippen molar-refractivity contribution < 1.29 is 0 Å². The molecule has 130 valence electrons. The Hall–Kier alpha value is -2.31. The molecule has 0 radical (unpaired) electrons. The molecule has 6 heteroatoms. The molecular weight excluding hydrogens is 408 g/mol. The molecule has 0 saturated carbocycles. The molecule has 0 fully saturated rings. The molecule has 3 aromatic heterocycles. The monoisotopic (exact) mass is 424 g/mol. The van der Waals surface area contributed by atoms with Crippen molar-refractivity contribution in [2.24, 2.45) is 0 Å². The van der Waals surface area contributed by atoms with Gasteiger partial charge in [-0.1, -0.05) is 35.0 Å². The summed E-state index contributed by atoms with van der Waals surface area (Å²) in [6.45, 7) is 2.89. The van der Waals surface area contributed by atoms with Crippen LogP contribution in [0.3, 0.4) is 0 Å². The van der Waals surface area contributed by atoms with Crippen LogP contribution in [-0.2, 0) is 13.0 Å². The molecule has 1 aromatic carbocycles. The molecule has 0 atom stereocenters. The van der Waals surface area contributed by atoms with E-state index >= 15 is 0 Å². The third kappa shape index (κ3) is 3.34. The number of rotatable bonds is 5. The van der Waals surface area contributed by atoms with Gasteiger partial charge in [-0.05, 0) is 41.8 Å². The summed E-state index contributed by atoms with van der Waals surface area (Å²) in [5, 5.41) is 4.58. The number of pyridine rings is 1. The lowest BCUT2D eigenvalue weighted by atomic mass is 10.0. The summed E-state index contributed by atoms with van der Waals surface area (Å²) in [5.74, 6) is 0.876. The predicted molar refractivity (Wildman–Crippen MR) is 111 cm³/mol. The lowest BCUT2D eigenvalue weighted by molar-refractivity contribution is 1.09. The van der Waals surface area contributed by atoms with Crippen LogP contribution in [0, 0.1) is 0 Å². The van der Waals surface area contributed by atoms with Crippen molar-refractivity contribution in [3.63, 3.8) is 0 Å². The van der Waals surface area contributed by atoms with Gasteiger partial charge in [0.05, 0.1) is 5.39 Å². The van der Waals surface area contributed by atoms with Crippen LogP contribution in [0.4, 0.5) is 5.82 Å². The van der Waals surface area contributed by atoms with Crippen LogP contribution in [0.25, 0.3) is 21.3 Å². The van der Waals surface area contributed by atoms with Crippen molar-refractivity contribution in [3.05, 3.63) is 70.0 Å². The number of benzene rings is 1. The Bertz CT molecular complexity index is 1030. The van der Waals surface area contributed by atoms with Gasteiger partial charge in [-0.2, -0.15) is 0 Å². The molecule has 0 amide bonds. The first-order valence-electron chi connectivity index (χ1n) is 8.41. The smallest absolute Gasteiger partial charge is 0.139 e. The fourth-order valence-corrected chi connectivity index (χ4v) is 4.34. The Labute approximate surface area is 164 Å². The maximum atomic E-state index is 4.53. The second-order valence-corrected chi connectivity index (χ2v) is 7.87. The van der Waals surface area contributed by atoms with Crippen LogP contribution >= 0.6 is 27.3 Å². The number of hydrogen-bond donors (Lipinski definition) is 1. The van der Waals surface area contributed by atoms with E-state index in [0.29, 0.717) is 6.54 Å². The van der Waals surface area contributed by atoms with Gasteiger partial charge in [0.15, 0.2) is 0 Å². The Balaban J connectivity index is 1.81. The lowest BCUT2D eigenvalue weighted by Gasteiger charge is -2.09. The van der Waals surface area contributed by atoms with Crippen molar-refractivity contribution in [2.75, 3.05) is 5.32 Å². The highest BCUT2D eigenvalue weighted by Crippen LogP contribution is 2.41. The number of aromatic nitrogens is 3. The van der Waals surface area contributed by atoms with Gasteiger partial charge in [0, 0.05) is 33.9 Å². The minimum atomic E-state index is 0.700. The highest BCUT2D eigenvalue weighted by atomic mass is 79.9. The minimum absolute atomic E-state index is 0.700. The fraction of sp³-hybridized carbons (Fsp3) is 0.150. The quantitative estimate of drug-likeness (QED) is 0.446. The number of thiophene rings is 1. The van der Waals surface area contributed by atoms with Gasteiger partial charge in [-0.3, -0.25) is 4.98 Å². The van der Waals surface area contributed by atoms with E-state index in [1.807, 2.05) is 12.1 Å². The first-order valence-corrected chi connectivity index (χ1v) is 10.0. The highest BCUT2D eigenvalue weighted by Gasteiger charge is 2.18. The standard InChI is InChI=1S/C20H17BrN4S/c1-2-16-17(14-3-5-15(21)6-4-14)18-19(24-12-25-20(18)26-16)23-11-13-7-9-22-10-8-13/h3-10,12H,2,11H2,1H3,(H,23,24,25). The molecule has 26 heavy (non-hydrogen) atoms. The predicted octanol–water partition coefficient (Wildman–Crippen LogP) is 5.69. The van der Waals surface area contributed by atoms with Gasteiger partial charge < -0.3 is 5.32 Å². The second-order valence-electron chi connectivity index (χ2n) is 5.87. The SMILES string of the molecule is CCc1sc2ncnc(NCc3ccncc3)c2c1-c1ccc(Br)cc1. The topological polar surface area (TPSA) is 50.7 Å². The normalized spacial score (nSPS) is 11.0. The Kier molecular flexibility index (Phi) is 4.95. The van der Waals surface area contributed by atoms with Gasteiger partial charge in [-0.25, -0.2) is 9.97 Å². The zero-order valence-electron chi connectivity index (χ0n) is 14.2. The second kappa shape index (κ2) is 7.51. The molecule has 0 unspecified atom stereocenters. The lowest BCUT2D eigenvalue weighted by Crippen LogP contribution is -2.02. The van der Waals surface area contributed by atoms with Gasteiger partial charge >= 0.3 is 0 Å². The molecular formula is C20H17BrN4S. The summed E-state index contributed by atoms with van der Waals surface area (Å²) in [6.07, 6.45) is 6.22. The third-order valence-electron chi connectivity index (χ3n) is 4.22. The fourth-order valence-electron chi connectivity index (χ4n) is 2.97. The zero-order chi connectivity index (χ0) is 17.9. The van der Waals surface area contributed by atoms with Crippen molar-refractivity contribution in [3.8, 4) is 11.1 Å². The Morgan fingerprint density at radius 3 is 2.54 bits per heavy atom. The number of anilines is 1. The van der Waals surface area contributed by atoms with Gasteiger partial charge in [0.2, 0.25) is 0 Å². The van der Waals surface area contributed by atoms with E-state index in [1.165, 1.54) is 21.6 Å². The summed E-state index contributed by atoms with van der Waals surface area (Å²) in [6, 6.07) is 12.4. The molecule has 0 bridgehead atoms. The van der Waals surface area contributed by atoms with E-state index in [9.17, 15) is 0 Å². The van der Waals surface area contributed by atoms with E-state index < -0.39 is 0 Å². The van der Waals surface area contributed by atoms with Gasteiger partial charge in [0.1, 0.15) is 17.0 Å². The van der Waals surface area contributed by atoms with Crippen LogP contribution in [0.2, 0.25) is 0 Å². The number of fused-ring (bicyclic) bond motifs is 1.